The third-order valence-corrected chi connectivity index (χ3v) is 3.53. The van der Waals surface area contributed by atoms with Gasteiger partial charge in [-0.15, -0.1) is 0 Å². The Morgan fingerprint density at radius 2 is 2.17 bits per heavy atom. The van der Waals surface area contributed by atoms with Gasteiger partial charge in [0.05, 0.1) is 0 Å². The maximum Gasteiger partial charge on any atom is 0.0184 e. The molecule has 1 fully saturated rings. The lowest BCUT2D eigenvalue weighted by Gasteiger charge is -2.18. The third-order valence-electron chi connectivity index (χ3n) is 2.22. The van der Waals surface area contributed by atoms with Crippen LogP contribution in [0.25, 0.3) is 0 Å². The molecule has 0 aromatic rings. The first-order chi connectivity index (χ1) is 5.58. The van der Waals surface area contributed by atoms with E-state index in [0.717, 1.165) is 5.25 Å². The first-order valence-electron chi connectivity index (χ1n) is 4.90. The fourth-order valence-electron chi connectivity index (χ4n) is 1.30. The van der Waals surface area contributed by atoms with Crippen LogP contribution in [-0.2, 0) is 0 Å². The van der Waals surface area contributed by atoms with Gasteiger partial charge in [-0.25, -0.2) is 0 Å². The van der Waals surface area contributed by atoms with Gasteiger partial charge < -0.3 is 5.32 Å². The summed E-state index contributed by atoms with van der Waals surface area (Å²) < 4.78 is 0. The average Bonchev–Trinajstić information content (AvgIpc) is 2.36. The summed E-state index contributed by atoms with van der Waals surface area (Å²) >= 11 is 2.15. The van der Waals surface area contributed by atoms with E-state index in [-0.39, 0.29) is 0 Å². The molecule has 0 saturated carbocycles. The highest BCUT2D eigenvalue weighted by molar-refractivity contribution is 7.99. The molecule has 1 heterocycles. The number of hydrogen-bond acceptors (Lipinski definition) is 2. The second-order valence-corrected chi connectivity index (χ2v) is 6.20. The quantitative estimate of drug-likeness (QED) is 0.728. The van der Waals surface area contributed by atoms with Crippen molar-refractivity contribution in [3.8, 4) is 0 Å². The molecule has 2 heteroatoms. The number of nitrogens with one attached hydrogen (secondary N) is 1. The molecule has 0 radical (unpaired) electrons. The highest BCUT2D eigenvalue weighted by Gasteiger charge is 2.16. The lowest BCUT2D eigenvalue weighted by atomic mass is 9.94. The van der Waals surface area contributed by atoms with Crippen LogP contribution in [0.4, 0.5) is 0 Å². The summed E-state index contributed by atoms with van der Waals surface area (Å²) in [6.07, 6.45) is 2.71. The van der Waals surface area contributed by atoms with Crippen LogP contribution in [0, 0.1) is 5.41 Å². The Kier molecular flexibility index (Phi) is 3.91. The van der Waals surface area contributed by atoms with Crippen molar-refractivity contribution in [1.82, 2.24) is 5.32 Å². The van der Waals surface area contributed by atoms with Gasteiger partial charge in [0.15, 0.2) is 0 Å². The van der Waals surface area contributed by atoms with Crippen molar-refractivity contribution in [3.63, 3.8) is 0 Å². The van der Waals surface area contributed by atoms with E-state index in [1.54, 1.807) is 0 Å². The molecule has 1 unspecified atom stereocenters. The maximum atomic E-state index is 3.40. The molecule has 0 amide bonds. The summed E-state index contributed by atoms with van der Waals surface area (Å²) in [6.45, 7) is 9.42. The molecule has 1 atom stereocenters. The van der Waals surface area contributed by atoms with Crippen LogP contribution >= 0.6 is 11.8 Å². The maximum absolute atomic E-state index is 3.40. The molecule has 0 aliphatic carbocycles. The minimum atomic E-state index is 0.513. The van der Waals surface area contributed by atoms with Gasteiger partial charge in [0.2, 0.25) is 0 Å². The molecule has 1 nitrogen and oxygen atoms in total. The molecule has 1 aliphatic rings. The van der Waals surface area contributed by atoms with Crippen molar-refractivity contribution < 1.29 is 0 Å². The normalized spacial score (nSPS) is 24.8. The van der Waals surface area contributed by atoms with Crippen molar-refractivity contribution in [1.29, 1.82) is 0 Å². The lowest BCUT2D eigenvalue weighted by molar-refractivity contribution is 0.401. The zero-order valence-electron chi connectivity index (χ0n) is 8.52. The third kappa shape index (κ3) is 4.36. The van der Waals surface area contributed by atoms with Gasteiger partial charge in [0.1, 0.15) is 0 Å². The molecular weight excluding hydrogens is 166 g/mol. The molecule has 1 aliphatic heterocycles. The van der Waals surface area contributed by atoms with E-state index >= 15 is 0 Å². The van der Waals surface area contributed by atoms with Crippen LogP contribution in [0.3, 0.4) is 0 Å². The fourth-order valence-corrected chi connectivity index (χ4v) is 2.89. The highest BCUT2D eigenvalue weighted by atomic mass is 32.2. The molecule has 12 heavy (non-hydrogen) atoms. The Morgan fingerprint density at radius 1 is 1.42 bits per heavy atom. The second kappa shape index (κ2) is 4.52. The van der Waals surface area contributed by atoms with Gasteiger partial charge in [0.25, 0.3) is 0 Å². The standard InChI is InChI=1S/C10H21NS/c1-10(2,3)5-7-12-9-4-6-11-8-9/h9,11H,4-8H2,1-3H3. The molecule has 0 aromatic heterocycles. The van der Waals surface area contributed by atoms with E-state index in [4.69, 9.17) is 0 Å². The topological polar surface area (TPSA) is 12.0 Å². The van der Waals surface area contributed by atoms with Gasteiger partial charge in [-0.05, 0) is 30.6 Å². The summed E-state index contributed by atoms with van der Waals surface area (Å²) in [5.74, 6) is 1.33. The van der Waals surface area contributed by atoms with Crippen LogP contribution in [-0.4, -0.2) is 24.1 Å². The Bertz CT molecular complexity index is 122. The molecule has 0 spiro atoms. The summed E-state index contributed by atoms with van der Waals surface area (Å²) in [4.78, 5) is 0. The van der Waals surface area contributed by atoms with E-state index in [1.807, 2.05) is 0 Å². The molecular formula is C10H21NS. The number of rotatable bonds is 3. The van der Waals surface area contributed by atoms with Crippen molar-refractivity contribution in [2.75, 3.05) is 18.8 Å². The summed E-state index contributed by atoms with van der Waals surface area (Å²) in [5.41, 5.74) is 0.513. The summed E-state index contributed by atoms with van der Waals surface area (Å²) in [6, 6.07) is 0. The summed E-state index contributed by atoms with van der Waals surface area (Å²) in [7, 11) is 0. The lowest BCUT2D eigenvalue weighted by Crippen LogP contribution is -2.12. The van der Waals surface area contributed by atoms with Crippen molar-refractivity contribution >= 4 is 11.8 Å². The zero-order valence-corrected chi connectivity index (χ0v) is 9.34. The Balaban J connectivity index is 2.02. The number of hydrogen-bond donors (Lipinski definition) is 1. The van der Waals surface area contributed by atoms with Crippen LogP contribution in [0.5, 0.6) is 0 Å². The smallest absolute Gasteiger partial charge is 0.0184 e. The SMILES string of the molecule is CC(C)(C)CCSC1CCNC1. The molecule has 1 rings (SSSR count). The zero-order chi connectivity index (χ0) is 9.03. The van der Waals surface area contributed by atoms with E-state index in [0.29, 0.717) is 5.41 Å². The minimum absolute atomic E-state index is 0.513. The molecule has 1 N–H and O–H groups in total. The number of thioether (sulfide) groups is 1. The average molecular weight is 187 g/mol. The monoisotopic (exact) mass is 187 g/mol. The van der Waals surface area contributed by atoms with Gasteiger partial charge in [-0.1, -0.05) is 20.8 Å². The van der Waals surface area contributed by atoms with Gasteiger partial charge in [0, 0.05) is 11.8 Å². The van der Waals surface area contributed by atoms with E-state index in [9.17, 15) is 0 Å². The second-order valence-electron chi connectivity index (χ2n) is 4.80. The van der Waals surface area contributed by atoms with Crippen LogP contribution in [0.2, 0.25) is 0 Å². The first kappa shape index (κ1) is 10.4. The van der Waals surface area contributed by atoms with Gasteiger partial charge in [-0.3, -0.25) is 0 Å². The largest absolute Gasteiger partial charge is 0.316 e. The molecule has 72 valence electrons. The van der Waals surface area contributed by atoms with E-state index in [2.05, 4.69) is 37.8 Å². The highest BCUT2D eigenvalue weighted by Crippen LogP contribution is 2.25. The molecule has 0 aromatic carbocycles. The Hall–Kier alpha value is 0.310. The van der Waals surface area contributed by atoms with Crippen LogP contribution in [0.1, 0.15) is 33.6 Å². The predicted octanol–water partition coefficient (Wildman–Crippen LogP) is 2.52. The van der Waals surface area contributed by atoms with E-state index in [1.165, 1.54) is 31.7 Å². The van der Waals surface area contributed by atoms with Crippen molar-refractivity contribution in [3.05, 3.63) is 0 Å². The Morgan fingerprint density at radius 3 is 2.67 bits per heavy atom. The molecule has 0 bridgehead atoms. The Labute approximate surface area is 80.7 Å². The van der Waals surface area contributed by atoms with E-state index < -0.39 is 0 Å². The fraction of sp³-hybridized carbons (Fsp3) is 1.00. The van der Waals surface area contributed by atoms with Gasteiger partial charge >= 0.3 is 0 Å². The van der Waals surface area contributed by atoms with Gasteiger partial charge in [-0.2, -0.15) is 11.8 Å². The summed E-state index contributed by atoms with van der Waals surface area (Å²) in [5, 5.41) is 4.29. The molecule has 1 saturated heterocycles. The van der Waals surface area contributed by atoms with Crippen molar-refractivity contribution in [2.45, 2.75) is 38.9 Å². The van der Waals surface area contributed by atoms with Crippen LogP contribution < -0.4 is 5.32 Å². The van der Waals surface area contributed by atoms with Crippen LogP contribution in [0.15, 0.2) is 0 Å². The minimum Gasteiger partial charge on any atom is -0.316 e. The predicted molar refractivity (Wildman–Crippen MR) is 57.8 cm³/mol. The van der Waals surface area contributed by atoms with Crippen molar-refractivity contribution in [2.24, 2.45) is 5.41 Å². The first-order valence-corrected chi connectivity index (χ1v) is 5.95.